The van der Waals surface area contributed by atoms with Crippen molar-refractivity contribution in [2.24, 2.45) is 5.73 Å². The van der Waals surface area contributed by atoms with E-state index in [-0.39, 0.29) is 6.04 Å². The van der Waals surface area contributed by atoms with Gasteiger partial charge >= 0.3 is 0 Å². The summed E-state index contributed by atoms with van der Waals surface area (Å²) in [6.07, 6.45) is 7.20. The fourth-order valence-corrected chi connectivity index (χ4v) is 1.30. The first-order chi connectivity index (χ1) is 5.72. The van der Waals surface area contributed by atoms with Crippen LogP contribution in [-0.4, -0.2) is 6.04 Å². The van der Waals surface area contributed by atoms with E-state index in [9.17, 15) is 0 Å². The number of hydrogen-bond donors (Lipinski definition) is 1. The molecule has 0 aromatic heterocycles. The quantitative estimate of drug-likeness (QED) is 0.459. The van der Waals surface area contributed by atoms with Crippen molar-refractivity contribution in [3.05, 3.63) is 12.2 Å². The molecule has 12 heavy (non-hydrogen) atoms. The summed E-state index contributed by atoms with van der Waals surface area (Å²) < 4.78 is 0. The lowest BCUT2D eigenvalue weighted by molar-refractivity contribution is 0.621. The van der Waals surface area contributed by atoms with Gasteiger partial charge in [-0.25, -0.2) is 0 Å². The van der Waals surface area contributed by atoms with E-state index in [1.807, 2.05) is 0 Å². The molecule has 0 aromatic rings. The van der Waals surface area contributed by atoms with Crippen LogP contribution in [0.2, 0.25) is 0 Å². The van der Waals surface area contributed by atoms with E-state index in [4.69, 9.17) is 5.73 Å². The Morgan fingerprint density at radius 1 is 1.25 bits per heavy atom. The Kier molecular flexibility index (Phi) is 7.17. The molecule has 1 nitrogen and oxygen atoms in total. The molecule has 72 valence electrons. The molecule has 1 atom stereocenters. The molecule has 0 fully saturated rings. The maximum Gasteiger partial charge on any atom is 0.0250 e. The van der Waals surface area contributed by atoms with Crippen LogP contribution in [0.25, 0.3) is 0 Å². The molecule has 0 heterocycles. The summed E-state index contributed by atoms with van der Waals surface area (Å²) in [6, 6.07) is 0.242. The van der Waals surface area contributed by atoms with Crippen molar-refractivity contribution < 1.29 is 0 Å². The molecule has 0 amide bonds. The Hall–Kier alpha value is -0.300. The zero-order chi connectivity index (χ0) is 9.40. The molecule has 0 aliphatic rings. The van der Waals surface area contributed by atoms with Crippen molar-refractivity contribution in [3.8, 4) is 0 Å². The van der Waals surface area contributed by atoms with E-state index in [1.54, 1.807) is 0 Å². The molecule has 1 heteroatoms. The second-order valence-corrected chi connectivity index (χ2v) is 3.51. The van der Waals surface area contributed by atoms with Crippen LogP contribution in [0.3, 0.4) is 0 Å². The van der Waals surface area contributed by atoms with Gasteiger partial charge in [0.2, 0.25) is 0 Å². The smallest absolute Gasteiger partial charge is 0.0250 e. The Bertz CT molecular complexity index is 118. The molecule has 0 aliphatic carbocycles. The Morgan fingerprint density at radius 2 is 1.92 bits per heavy atom. The monoisotopic (exact) mass is 169 g/mol. The largest absolute Gasteiger partial charge is 0.324 e. The number of hydrogen-bond acceptors (Lipinski definition) is 1. The van der Waals surface area contributed by atoms with Gasteiger partial charge in [0.25, 0.3) is 0 Å². The van der Waals surface area contributed by atoms with Crippen LogP contribution >= 0.6 is 0 Å². The summed E-state index contributed by atoms with van der Waals surface area (Å²) in [4.78, 5) is 0. The minimum absolute atomic E-state index is 0.242. The summed E-state index contributed by atoms with van der Waals surface area (Å²) in [5.74, 6) is 0. The van der Waals surface area contributed by atoms with Crippen molar-refractivity contribution in [1.82, 2.24) is 0 Å². The van der Waals surface area contributed by atoms with Gasteiger partial charge in [0.1, 0.15) is 0 Å². The highest BCUT2D eigenvalue weighted by Gasteiger charge is 2.04. The van der Waals surface area contributed by atoms with Crippen molar-refractivity contribution >= 4 is 0 Å². The maximum atomic E-state index is 5.91. The molecule has 0 aliphatic heterocycles. The predicted octanol–water partition coefficient (Wildman–Crippen LogP) is 3.25. The predicted molar refractivity (Wildman–Crippen MR) is 56.2 cm³/mol. The van der Waals surface area contributed by atoms with Gasteiger partial charge in [0, 0.05) is 6.04 Å². The summed E-state index contributed by atoms with van der Waals surface area (Å²) >= 11 is 0. The highest BCUT2D eigenvalue weighted by molar-refractivity contribution is 5.03. The summed E-state index contributed by atoms with van der Waals surface area (Å²) in [5.41, 5.74) is 7.15. The summed E-state index contributed by atoms with van der Waals surface area (Å²) in [7, 11) is 0. The van der Waals surface area contributed by atoms with Gasteiger partial charge in [-0.15, -0.1) is 0 Å². The van der Waals surface area contributed by atoms with Crippen LogP contribution < -0.4 is 5.73 Å². The summed E-state index contributed by atoms with van der Waals surface area (Å²) in [6.45, 7) is 8.40. The number of rotatable bonds is 7. The average molecular weight is 169 g/mol. The second kappa shape index (κ2) is 7.35. The molecule has 0 aromatic carbocycles. The van der Waals surface area contributed by atoms with Crippen LogP contribution in [0.5, 0.6) is 0 Å². The van der Waals surface area contributed by atoms with Gasteiger partial charge in [-0.05, 0) is 19.3 Å². The van der Waals surface area contributed by atoms with Crippen LogP contribution in [0.15, 0.2) is 12.2 Å². The lowest BCUT2D eigenvalue weighted by atomic mass is 9.99. The van der Waals surface area contributed by atoms with Crippen LogP contribution in [0.4, 0.5) is 0 Å². The van der Waals surface area contributed by atoms with Gasteiger partial charge in [-0.2, -0.15) is 0 Å². The molecular weight excluding hydrogens is 146 g/mol. The van der Waals surface area contributed by atoms with E-state index in [1.165, 1.54) is 24.8 Å². The third-order valence-electron chi connectivity index (χ3n) is 2.23. The zero-order valence-electron chi connectivity index (χ0n) is 8.60. The Balaban J connectivity index is 3.43. The van der Waals surface area contributed by atoms with Gasteiger partial charge in [-0.3, -0.25) is 0 Å². The molecule has 0 spiro atoms. The third kappa shape index (κ3) is 5.36. The Labute approximate surface area is 77.0 Å². The first-order valence-electron chi connectivity index (χ1n) is 5.15. The van der Waals surface area contributed by atoms with Crippen molar-refractivity contribution in [2.75, 3.05) is 0 Å². The van der Waals surface area contributed by atoms with Crippen LogP contribution in [-0.2, 0) is 0 Å². The average Bonchev–Trinajstić information content (AvgIpc) is 2.05. The van der Waals surface area contributed by atoms with Crippen LogP contribution in [0.1, 0.15) is 52.4 Å². The third-order valence-corrected chi connectivity index (χ3v) is 2.23. The van der Waals surface area contributed by atoms with Gasteiger partial charge in [-0.1, -0.05) is 45.3 Å². The second-order valence-electron chi connectivity index (χ2n) is 3.51. The number of nitrogens with two attached hydrogens (primary N) is 1. The van der Waals surface area contributed by atoms with Crippen molar-refractivity contribution in [2.45, 2.75) is 58.4 Å². The maximum absolute atomic E-state index is 5.91. The van der Waals surface area contributed by atoms with Gasteiger partial charge < -0.3 is 5.73 Å². The highest BCUT2D eigenvalue weighted by atomic mass is 14.6. The Morgan fingerprint density at radius 3 is 2.42 bits per heavy atom. The fraction of sp³-hybridized carbons (Fsp3) is 0.818. The van der Waals surface area contributed by atoms with E-state index in [0.29, 0.717) is 0 Å². The molecule has 0 saturated heterocycles. The molecule has 2 N–H and O–H groups in total. The van der Waals surface area contributed by atoms with Crippen LogP contribution in [0, 0.1) is 0 Å². The lowest BCUT2D eigenvalue weighted by Crippen LogP contribution is -2.21. The van der Waals surface area contributed by atoms with Gasteiger partial charge in [0.15, 0.2) is 0 Å². The summed E-state index contributed by atoms with van der Waals surface area (Å²) in [5, 5.41) is 0. The van der Waals surface area contributed by atoms with Gasteiger partial charge in [0.05, 0.1) is 0 Å². The molecular formula is C11H23N. The lowest BCUT2D eigenvalue weighted by Gasteiger charge is -2.13. The van der Waals surface area contributed by atoms with E-state index in [0.717, 1.165) is 19.3 Å². The first-order valence-corrected chi connectivity index (χ1v) is 5.15. The minimum Gasteiger partial charge on any atom is -0.324 e. The molecule has 0 saturated carbocycles. The minimum atomic E-state index is 0.242. The normalized spacial score (nSPS) is 12.9. The highest BCUT2D eigenvalue weighted by Crippen LogP contribution is 2.12. The standard InChI is InChI=1S/C11H23N/c1-4-6-7-9-10(3)11(12)8-5-2/h11H,3-9,12H2,1-2H3. The molecule has 0 rings (SSSR count). The van der Waals surface area contributed by atoms with E-state index < -0.39 is 0 Å². The van der Waals surface area contributed by atoms with Crippen molar-refractivity contribution in [3.63, 3.8) is 0 Å². The fourth-order valence-electron chi connectivity index (χ4n) is 1.30. The SMILES string of the molecule is C=C(CCCCC)C(N)CCC. The number of unbranched alkanes of at least 4 members (excludes halogenated alkanes) is 2. The van der Waals surface area contributed by atoms with Crippen molar-refractivity contribution in [1.29, 1.82) is 0 Å². The molecule has 0 radical (unpaired) electrons. The molecule has 1 unspecified atom stereocenters. The zero-order valence-corrected chi connectivity index (χ0v) is 8.60. The topological polar surface area (TPSA) is 26.0 Å². The van der Waals surface area contributed by atoms with E-state index in [2.05, 4.69) is 20.4 Å². The molecule has 0 bridgehead atoms. The van der Waals surface area contributed by atoms with E-state index >= 15 is 0 Å². The first kappa shape index (κ1) is 11.7.